The first-order chi connectivity index (χ1) is 14.7. The molecular formula is C22H27Cl2N3O4. The fraction of sp³-hybridized carbons (Fsp3) is 0.364. The van der Waals surface area contributed by atoms with E-state index < -0.39 is 12.1 Å². The SMILES string of the molecule is COc1ccc(CCNC(=O)C(NC(=O)Nc2ccc(Cl)cc2Cl)C(C)C)cc1OC. The molecule has 0 bridgehead atoms. The monoisotopic (exact) mass is 467 g/mol. The van der Waals surface area contributed by atoms with Gasteiger partial charge in [0.05, 0.1) is 24.9 Å². The molecule has 0 aliphatic heterocycles. The molecule has 0 saturated carbocycles. The lowest BCUT2D eigenvalue weighted by atomic mass is 10.0. The minimum absolute atomic E-state index is 0.118. The molecule has 2 aromatic carbocycles. The first kappa shape index (κ1) is 24.6. The molecular weight excluding hydrogens is 441 g/mol. The summed E-state index contributed by atoms with van der Waals surface area (Å²) in [7, 11) is 3.15. The van der Waals surface area contributed by atoms with E-state index in [4.69, 9.17) is 32.7 Å². The van der Waals surface area contributed by atoms with Crippen molar-refractivity contribution in [3.8, 4) is 11.5 Å². The van der Waals surface area contributed by atoms with Gasteiger partial charge in [0.25, 0.3) is 0 Å². The van der Waals surface area contributed by atoms with Gasteiger partial charge >= 0.3 is 6.03 Å². The Labute approximate surface area is 192 Å². The summed E-state index contributed by atoms with van der Waals surface area (Å²) >= 11 is 11.9. The summed E-state index contributed by atoms with van der Waals surface area (Å²) in [4.78, 5) is 25.0. The molecule has 0 aromatic heterocycles. The van der Waals surface area contributed by atoms with Gasteiger partial charge in [0.15, 0.2) is 11.5 Å². The number of rotatable bonds is 9. The molecule has 1 atom stereocenters. The van der Waals surface area contributed by atoms with Gasteiger partial charge in [0.2, 0.25) is 5.91 Å². The van der Waals surface area contributed by atoms with Gasteiger partial charge in [-0.1, -0.05) is 43.1 Å². The molecule has 2 rings (SSSR count). The van der Waals surface area contributed by atoms with Crippen molar-refractivity contribution < 1.29 is 19.1 Å². The maximum atomic E-state index is 12.7. The van der Waals surface area contributed by atoms with Crippen LogP contribution in [0.5, 0.6) is 11.5 Å². The highest BCUT2D eigenvalue weighted by molar-refractivity contribution is 6.36. The normalized spacial score (nSPS) is 11.6. The van der Waals surface area contributed by atoms with Crippen LogP contribution in [0.15, 0.2) is 36.4 Å². The first-order valence-electron chi connectivity index (χ1n) is 9.76. The first-order valence-corrected chi connectivity index (χ1v) is 10.5. The molecule has 3 amide bonds. The molecule has 7 nitrogen and oxygen atoms in total. The van der Waals surface area contributed by atoms with Gasteiger partial charge < -0.3 is 25.4 Å². The second-order valence-electron chi connectivity index (χ2n) is 7.17. The molecule has 0 fully saturated rings. The van der Waals surface area contributed by atoms with Gasteiger partial charge in [0, 0.05) is 11.6 Å². The predicted octanol–water partition coefficient (Wildman–Crippen LogP) is 4.52. The fourth-order valence-electron chi connectivity index (χ4n) is 2.90. The second-order valence-corrected chi connectivity index (χ2v) is 8.02. The summed E-state index contributed by atoms with van der Waals surface area (Å²) in [6, 6.07) is 9.10. The Morgan fingerprint density at radius 1 is 1.00 bits per heavy atom. The van der Waals surface area contributed by atoms with E-state index in [0.29, 0.717) is 40.2 Å². The Hall–Kier alpha value is -2.64. The van der Waals surface area contributed by atoms with Crippen LogP contribution in [-0.4, -0.2) is 38.7 Å². The third kappa shape index (κ3) is 7.22. The molecule has 0 spiro atoms. The van der Waals surface area contributed by atoms with E-state index in [1.807, 2.05) is 32.0 Å². The number of nitrogens with one attached hydrogen (secondary N) is 3. The van der Waals surface area contributed by atoms with Crippen LogP contribution in [0.4, 0.5) is 10.5 Å². The van der Waals surface area contributed by atoms with Crippen molar-refractivity contribution >= 4 is 40.8 Å². The van der Waals surface area contributed by atoms with Crippen molar-refractivity contribution in [1.82, 2.24) is 10.6 Å². The largest absolute Gasteiger partial charge is 0.493 e. The number of ether oxygens (including phenoxy) is 2. The van der Waals surface area contributed by atoms with Gasteiger partial charge in [-0.05, 0) is 48.2 Å². The van der Waals surface area contributed by atoms with Crippen LogP contribution in [0.25, 0.3) is 0 Å². The number of benzene rings is 2. The van der Waals surface area contributed by atoms with Crippen LogP contribution in [0, 0.1) is 5.92 Å². The topological polar surface area (TPSA) is 88.7 Å². The highest BCUT2D eigenvalue weighted by atomic mass is 35.5. The maximum absolute atomic E-state index is 12.7. The zero-order chi connectivity index (χ0) is 23.0. The van der Waals surface area contributed by atoms with Gasteiger partial charge in [-0.3, -0.25) is 4.79 Å². The number of halogens is 2. The number of hydrogen-bond donors (Lipinski definition) is 3. The average molecular weight is 468 g/mol. The fourth-order valence-corrected chi connectivity index (χ4v) is 3.36. The molecule has 1 unspecified atom stereocenters. The highest BCUT2D eigenvalue weighted by Crippen LogP contribution is 2.27. The quantitative estimate of drug-likeness (QED) is 0.505. The summed E-state index contributed by atoms with van der Waals surface area (Å²) in [5.74, 6) is 0.886. The minimum Gasteiger partial charge on any atom is -0.493 e. The number of hydrogen-bond acceptors (Lipinski definition) is 4. The lowest BCUT2D eigenvalue weighted by Crippen LogP contribution is -2.51. The summed E-state index contributed by atoms with van der Waals surface area (Å²) < 4.78 is 10.5. The summed E-state index contributed by atoms with van der Waals surface area (Å²) in [5.41, 5.74) is 1.39. The van der Waals surface area contributed by atoms with Crippen LogP contribution >= 0.6 is 23.2 Å². The molecule has 168 valence electrons. The van der Waals surface area contributed by atoms with E-state index in [2.05, 4.69) is 16.0 Å². The Morgan fingerprint density at radius 2 is 1.71 bits per heavy atom. The Balaban J connectivity index is 1.92. The number of anilines is 1. The molecule has 0 aliphatic rings. The number of amides is 3. The summed E-state index contributed by atoms with van der Waals surface area (Å²) in [6.45, 7) is 4.12. The van der Waals surface area contributed by atoms with Crippen molar-refractivity contribution in [2.24, 2.45) is 5.92 Å². The zero-order valence-corrected chi connectivity index (χ0v) is 19.4. The van der Waals surface area contributed by atoms with Crippen molar-refractivity contribution in [2.45, 2.75) is 26.3 Å². The molecule has 0 aliphatic carbocycles. The predicted molar refractivity (Wildman–Crippen MR) is 124 cm³/mol. The highest BCUT2D eigenvalue weighted by Gasteiger charge is 2.24. The summed E-state index contributed by atoms with van der Waals surface area (Å²) in [6.07, 6.45) is 0.601. The number of urea groups is 1. The smallest absolute Gasteiger partial charge is 0.319 e. The minimum atomic E-state index is -0.712. The Kier molecular flexibility index (Phi) is 9.27. The van der Waals surface area contributed by atoms with E-state index in [1.165, 1.54) is 6.07 Å². The van der Waals surface area contributed by atoms with E-state index >= 15 is 0 Å². The van der Waals surface area contributed by atoms with Crippen molar-refractivity contribution in [1.29, 1.82) is 0 Å². The molecule has 2 aromatic rings. The van der Waals surface area contributed by atoms with E-state index in [9.17, 15) is 9.59 Å². The van der Waals surface area contributed by atoms with Crippen LogP contribution in [-0.2, 0) is 11.2 Å². The second kappa shape index (κ2) is 11.7. The number of methoxy groups -OCH3 is 2. The van der Waals surface area contributed by atoms with Crippen LogP contribution in [0.1, 0.15) is 19.4 Å². The molecule has 0 radical (unpaired) electrons. The third-order valence-electron chi connectivity index (χ3n) is 4.58. The molecule has 3 N–H and O–H groups in total. The Morgan fingerprint density at radius 3 is 2.32 bits per heavy atom. The van der Waals surface area contributed by atoms with Crippen LogP contribution < -0.4 is 25.4 Å². The molecule has 9 heteroatoms. The molecule has 0 saturated heterocycles. The van der Waals surface area contributed by atoms with Crippen LogP contribution in [0.3, 0.4) is 0 Å². The van der Waals surface area contributed by atoms with Crippen LogP contribution in [0.2, 0.25) is 10.0 Å². The summed E-state index contributed by atoms with van der Waals surface area (Å²) in [5, 5.41) is 8.98. The standard InChI is InChI=1S/C22H27Cl2N3O4/c1-13(2)20(27-22(29)26-17-7-6-15(23)12-16(17)24)21(28)25-10-9-14-5-8-18(30-3)19(11-14)31-4/h5-8,11-13,20H,9-10H2,1-4H3,(H,25,28)(H2,26,27,29). The maximum Gasteiger partial charge on any atom is 0.319 e. The number of carbonyl (C=O) groups excluding carboxylic acids is 2. The van der Waals surface area contributed by atoms with Crippen molar-refractivity contribution in [3.05, 3.63) is 52.0 Å². The zero-order valence-electron chi connectivity index (χ0n) is 17.9. The van der Waals surface area contributed by atoms with Crippen molar-refractivity contribution in [3.63, 3.8) is 0 Å². The van der Waals surface area contributed by atoms with Gasteiger partial charge in [-0.2, -0.15) is 0 Å². The lowest BCUT2D eigenvalue weighted by Gasteiger charge is -2.22. The third-order valence-corrected chi connectivity index (χ3v) is 5.12. The van der Waals surface area contributed by atoms with Gasteiger partial charge in [-0.25, -0.2) is 4.79 Å². The molecule has 0 heterocycles. The Bertz CT molecular complexity index is 922. The van der Waals surface area contributed by atoms with E-state index in [-0.39, 0.29) is 11.8 Å². The number of carbonyl (C=O) groups is 2. The van der Waals surface area contributed by atoms with E-state index in [1.54, 1.807) is 26.4 Å². The lowest BCUT2D eigenvalue weighted by molar-refractivity contribution is -0.123. The van der Waals surface area contributed by atoms with Crippen molar-refractivity contribution in [2.75, 3.05) is 26.1 Å². The van der Waals surface area contributed by atoms with Gasteiger partial charge in [0.1, 0.15) is 6.04 Å². The average Bonchev–Trinajstić information content (AvgIpc) is 2.73. The van der Waals surface area contributed by atoms with E-state index in [0.717, 1.165) is 5.56 Å². The van der Waals surface area contributed by atoms with Gasteiger partial charge in [-0.15, -0.1) is 0 Å². The molecule has 31 heavy (non-hydrogen) atoms.